The maximum absolute atomic E-state index is 12.4. The van der Waals surface area contributed by atoms with Gasteiger partial charge < -0.3 is 14.2 Å². The van der Waals surface area contributed by atoms with Crippen molar-refractivity contribution in [3.63, 3.8) is 0 Å². The fourth-order valence-corrected chi connectivity index (χ4v) is 2.43. The lowest BCUT2D eigenvalue weighted by Gasteiger charge is -2.25. The number of methoxy groups -OCH3 is 1. The van der Waals surface area contributed by atoms with Gasteiger partial charge in [0.05, 0.1) is 24.3 Å². The number of carbonyl (C=O) groups excluding carboxylic acids is 2. The Kier molecular flexibility index (Phi) is 9.99. The zero-order valence-corrected chi connectivity index (χ0v) is 17.0. The third kappa shape index (κ3) is 8.37. The average Bonchev–Trinajstić information content (AvgIpc) is 2.64. The molecule has 3 atom stereocenters. The number of alkyl carbamates (subject to hydrolysis) is 1. The van der Waals surface area contributed by atoms with Gasteiger partial charge in [0, 0.05) is 13.2 Å². The predicted octanol–water partition coefficient (Wildman–Crippen LogP) is 2.23. The molecule has 2 N–H and O–H groups in total. The van der Waals surface area contributed by atoms with Gasteiger partial charge in [-0.3, -0.25) is 15.4 Å². The van der Waals surface area contributed by atoms with E-state index in [9.17, 15) is 9.59 Å². The molecule has 0 saturated carbocycles. The van der Waals surface area contributed by atoms with Gasteiger partial charge in [0.2, 0.25) is 5.91 Å². The number of imide groups is 1. The molecule has 0 bridgehead atoms. The number of rotatable bonds is 10. The van der Waals surface area contributed by atoms with Gasteiger partial charge in [-0.25, -0.2) is 4.79 Å². The first-order valence-corrected chi connectivity index (χ1v) is 9.16. The largest absolute Gasteiger partial charge is 0.492 e. The normalized spacial score (nSPS) is 13.9. The van der Waals surface area contributed by atoms with Crippen molar-refractivity contribution in [2.24, 2.45) is 5.92 Å². The van der Waals surface area contributed by atoms with Crippen LogP contribution < -0.4 is 15.4 Å². The van der Waals surface area contributed by atoms with E-state index in [1.807, 2.05) is 26.8 Å². The number of hydrogen-bond acceptors (Lipinski definition) is 7. The lowest BCUT2D eigenvalue weighted by molar-refractivity contribution is -0.124. The lowest BCUT2D eigenvalue weighted by Crippen LogP contribution is -2.53. The fraction of sp³-hybridized carbons (Fsp3) is 0.550. The molecule has 8 heteroatoms. The molecule has 0 aliphatic rings. The van der Waals surface area contributed by atoms with Gasteiger partial charge in [-0.15, -0.1) is 0 Å². The molecule has 0 fully saturated rings. The average molecular weight is 391 g/mol. The third-order valence-corrected chi connectivity index (χ3v) is 3.83. The highest BCUT2D eigenvalue weighted by atomic mass is 16.6. The maximum atomic E-state index is 12.4. The second-order valence-corrected chi connectivity index (χ2v) is 6.90. The van der Waals surface area contributed by atoms with Crippen LogP contribution in [0, 0.1) is 17.2 Å². The van der Waals surface area contributed by atoms with Crippen LogP contribution in [0.3, 0.4) is 0 Å². The van der Waals surface area contributed by atoms with Gasteiger partial charge in [-0.2, -0.15) is 5.26 Å². The molecule has 0 spiro atoms. The number of nitrogens with one attached hydrogen (secondary N) is 2. The van der Waals surface area contributed by atoms with E-state index in [0.29, 0.717) is 17.9 Å². The van der Waals surface area contributed by atoms with Crippen LogP contribution >= 0.6 is 0 Å². The topological polar surface area (TPSA) is 110 Å². The van der Waals surface area contributed by atoms with Gasteiger partial charge in [0.1, 0.15) is 18.5 Å². The van der Waals surface area contributed by atoms with Crippen LogP contribution in [0.4, 0.5) is 4.79 Å². The Morgan fingerprint density at radius 1 is 1.11 bits per heavy atom. The maximum Gasteiger partial charge on any atom is 0.414 e. The van der Waals surface area contributed by atoms with E-state index < -0.39 is 24.1 Å². The van der Waals surface area contributed by atoms with Crippen LogP contribution in [0.2, 0.25) is 0 Å². The van der Waals surface area contributed by atoms with Crippen molar-refractivity contribution in [2.75, 3.05) is 20.3 Å². The molecule has 28 heavy (non-hydrogen) atoms. The quantitative estimate of drug-likeness (QED) is 0.629. The molecule has 2 amide bonds. The summed E-state index contributed by atoms with van der Waals surface area (Å²) in [6.45, 7) is 7.88. The minimum absolute atomic E-state index is 0.0541. The summed E-state index contributed by atoms with van der Waals surface area (Å²) >= 11 is 0. The summed E-state index contributed by atoms with van der Waals surface area (Å²) in [5, 5.41) is 14.2. The molecule has 2 unspecified atom stereocenters. The molecule has 1 aromatic rings. The summed E-state index contributed by atoms with van der Waals surface area (Å²) in [5.74, 6) is 0.116. The van der Waals surface area contributed by atoms with Gasteiger partial charge in [0.15, 0.2) is 0 Å². The number of carbonyl (C=O) groups is 2. The molecule has 154 valence electrons. The molecular weight excluding hydrogens is 362 g/mol. The van der Waals surface area contributed by atoms with Crippen LogP contribution in [0.1, 0.15) is 33.3 Å². The number of amides is 2. The van der Waals surface area contributed by atoms with E-state index in [1.54, 1.807) is 31.2 Å². The standard InChI is InChI=1S/C20H29N3O5/c1-13(2)18(19(24)23-20(25)28-15(4)12-26-5)22-14(3)11-27-17-8-6-16(10-21)7-9-17/h6-9,13-15,18,22H,11-12H2,1-5H3,(H,23,24,25)/t14?,15?,18-/m0/s1. The Hall–Kier alpha value is -2.63. The van der Waals surface area contributed by atoms with E-state index in [4.69, 9.17) is 19.5 Å². The molecule has 1 aromatic carbocycles. The van der Waals surface area contributed by atoms with Gasteiger partial charge in [0.25, 0.3) is 0 Å². The minimum Gasteiger partial charge on any atom is -0.492 e. The summed E-state index contributed by atoms with van der Waals surface area (Å²) in [5.41, 5.74) is 0.557. The first kappa shape index (κ1) is 23.4. The van der Waals surface area contributed by atoms with Crippen molar-refractivity contribution >= 4 is 12.0 Å². The van der Waals surface area contributed by atoms with Gasteiger partial charge in [-0.05, 0) is 44.0 Å². The van der Waals surface area contributed by atoms with Crippen LogP contribution in [-0.2, 0) is 14.3 Å². The highest BCUT2D eigenvalue weighted by molar-refractivity contribution is 5.95. The van der Waals surface area contributed by atoms with Crippen molar-refractivity contribution in [3.05, 3.63) is 29.8 Å². The molecular formula is C20H29N3O5. The second kappa shape index (κ2) is 12.0. The first-order valence-electron chi connectivity index (χ1n) is 9.16. The Labute approximate surface area is 166 Å². The summed E-state index contributed by atoms with van der Waals surface area (Å²) in [4.78, 5) is 24.3. The van der Waals surface area contributed by atoms with Crippen LogP contribution in [0.5, 0.6) is 5.75 Å². The Morgan fingerprint density at radius 3 is 2.29 bits per heavy atom. The summed E-state index contributed by atoms with van der Waals surface area (Å²) < 4.78 is 15.6. The molecule has 0 saturated heterocycles. The molecule has 0 radical (unpaired) electrons. The highest BCUT2D eigenvalue weighted by Crippen LogP contribution is 2.12. The Balaban J connectivity index is 2.54. The molecule has 1 rings (SSSR count). The van der Waals surface area contributed by atoms with Gasteiger partial charge >= 0.3 is 6.09 Å². The second-order valence-electron chi connectivity index (χ2n) is 6.90. The monoisotopic (exact) mass is 391 g/mol. The van der Waals surface area contributed by atoms with Crippen LogP contribution in [0.15, 0.2) is 24.3 Å². The van der Waals surface area contributed by atoms with Crippen molar-refractivity contribution in [3.8, 4) is 11.8 Å². The lowest BCUT2D eigenvalue weighted by atomic mass is 10.0. The zero-order valence-electron chi connectivity index (χ0n) is 17.0. The smallest absolute Gasteiger partial charge is 0.414 e. The summed E-state index contributed by atoms with van der Waals surface area (Å²) in [6.07, 6.45) is -1.26. The Bertz CT molecular complexity index is 669. The van der Waals surface area contributed by atoms with Crippen LogP contribution in [-0.4, -0.2) is 50.5 Å². The van der Waals surface area contributed by atoms with Crippen molar-refractivity contribution in [1.29, 1.82) is 5.26 Å². The Morgan fingerprint density at radius 2 is 1.75 bits per heavy atom. The number of ether oxygens (including phenoxy) is 3. The van der Waals surface area contributed by atoms with E-state index >= 15 is 0 Å². The van der Waals surface area contributed by atoms with E-state index in [1.165, 1.54) is 7.11 Å². The molecule has 0 heterocycles. The SMILES string of the molecule is COCC(C)OC(=O)NC(=O)[C@@H](NC(C)COc1ccc(C#N)cc1)C(C)C. The number of hydrogen-bond donors (Lipinski definition) is 2. The van der Waals surface area contributed by atoms with Crippen molar-refractivity contribution in [1.82, 2.24) is 10.6 Å². The summed E-state index contributed by atoms with van der Waals surface area (Å²) in [6, 6.07) is 8.08. The number of nitriles is 1. The van der Waals surface area contributed by atoms with E-state index in [-0.39, 0.29) is 18.6 Å². The highest BCUT2D eigenvalue weighted by Gasteiger charge is 2.26. The predicted molar refractivity (Wildman–Crippen MR) is 104 cm³/mol. The number of benzene rings is 1. The molecule has 0 aliphatic carbocycles. The minimum atomic E-state index is -0.802. The zero-order chi connectivity index (χ0) is 21.1. The van der Waals surface area contributed by atoms with Gasteiger partial charge in [-0.1, -0.05) is 13.8 Å². The third-order valence-electron chi connectivity index (χ3n) is 3.83. The van der Waals surface area contributed by atoms with Crippen molar-refractivity contribution < 1.29 is 23.8 Å². The van der Waals surface area contributed by atoms with E-state index in [0.717, 1.165) is 0 Å². The fourth-order valence-electron chi connectivity index (χ4n) is 2.43. The first-order chi connectivity index (χ1) is 13.3. The molecule has 0 aliphatic heterocycles. The van der Waals surface area contributed by atoms with Crippen molar-refractivity contribution in [2.45, 2.75) is 45.9 Å². The summed E-state index contributed by atoms with van der Waals surface area (Å²) in [7, 11) is 1.50. The number of nitrogens with zero attached hydrogens (tertiary/aromatic N) is 1. The van der Waals surface area contributed by atoms with E-state index in [2.05, 4.69) is 10.6 Å². The molecule has 0 aromatic heterocycles. The van der Waals surface area contributed by atoms with Crippen LogP contribution in [0.25, 0.3) is 0 Å². The molecule has 8 nitrogen and oxygen atoms in total.